The van der Waals surface area contributed by atoms with E-state index in [2.05, 4.69) is 0 Å². The summed E-state index contributed by atoms with van der Waals surface area (Å²) in [5.41, 5.74) is 5.14. The second kappa shape index (κ2) is 4.21. The van der Waals surface area contributed by atoms with Gasteiger partial charge < -0.3 is 10.6 Å². The molecule has 1 fully saturated rings. The van der Waals surface area contributed by atoms with Gasteiger partial charge in [0, 0.05) is 19.4 Å². The molecule has 0 aromatic heterocycles. The Morgan fingerprint density at radius 2 is 2.21 bits per heavy atom. The second-order valence-electron chi connectivity index (χ2n) is 3.50. The zero-order valence-corrected chi connectivity index (χ0v) is 8.16. The van der Waals surface area contributed by atoms with Gasteiger partial charge in [-0.3, -0.25) is 14.4 Å². The van der Waals surface area contributed by atoms with Gasteiger partial charge in [0.15, 0.2) is 0 Å². The Morgan fingerprint density at radius 3 is 2.71 bits per heavy atom. The fourth-order valence-electron chi connectivity index (χ4n) is 1.59. The van der Waals surface area contributed by atoms with Crippen LogP contribution in [0.3, 0.4) is 0 Å². The van der Waals surface area contributed by atoms with Crippen molar-refractivity contribution in [2.75, 3.05) is 6.54 Å². The van der Waals surface area contributed by atoms with Gasteiger partial charge in [-0.25, -0.2) is 0 Å². The van der Waals surface area contributed by atoms with E-state index in [1.807, 2.05) is 0 Å². The molecule has 0 bridgehead atoms. The summed E-state index contributed by atoms with van der Waals surface area (Å²) in [6.07, 6.45) is 1.12. The third-order valence-corrected chi connectivity index (χ3v) is 2.36. The number of carbonyl (C=O) groups excluding carboxylic acids is 3. The largest absolute Gasteiger partial charge is 0.368 e. The second-order valence-corrected chi connectivity index (χ2v) is 3.50. The van der Waals surface area contributed by atoms with E-state index in [1.165, 1.54) is 11.8 Å². The van der Waals surface area contributed by atoms with Crippen LogP contribution < -0.4 is 5.73 Å². The van der Waals surface area contributed by atoms with E-state index in [-0.39, 0.29) is 18.1 Å². The Hall–Kier alpha value is -1.39. The minimum absolute atomic E-state index is 0.00733. The first kappa shape index (κ1) is 10.7. The highest BCUT2D eigenvalue weighted by Gasteiger charge is 2.34. The molecule has 1 aliphatic heterocycles. The summed E-state index contributed by atoms with van der Waals surface area (Å²) < 4.78 is 0. The summed E-state index contributed by atoms with van der Waals surface area (Å²) in [7, 11) is 0. The third kappa shape index (κ3) is 2.31. The Bertz CT molecular complexity index is 275. The van der Waals surface area contributed by atoms with Gasteiger partial charge in [0.25, 0.3) is 0 Å². The van der Waals surface area contributed by atoms with Crippen molar-refractivity contribution in [2.24, 2.45) is 5.73 Å². The zero-order chi connectivity index (χ0) is 10.7. The Morgan fingerprint density at radius 1 is 1.57 bits per heavy atom. The summed E-state index contributed by atoms with van der Waals surface area (Å²) in [4.78, 5) is 34.4. The lowest BCUT2D eigenvalue weighted by Crippen LogP contribution is -2.43. The molecule has 2 amide bonds. The molecule has 1 heterocycles. The zero-order valence-electron chi connectivity index (χ0n) is 8.16. The molecule has 1 saturated heterocycles. The van der Waals surface area contributed by atoms with Crippen LogP contribution in [0, 0.1) is 0 Å². The highest BCUT2D eigenvalue weighted by atomic mass is 16.2. The molecular formula is C9H14N2O3. The molecule has 1 atom stereocenters. The van der Waals surface area contributed by atoms with Crippen LogP contribution in [0.5, 0.6) is 0 Å². The maximum Gasteiger partial charge on any atom is 0.240 e. The lowest BCUT2D eigenvalue weighted by molar-refractivity contribution is -0.134. The van der Waals surface area contributed by atoms with Gasteiger partial charge in [-0.05, 0) is 13.3 Å². The lowest BCUT2D eigenvalue weighted by atomic mass is 10.2. The lowest BCUT2D eigenvalue weighted by Gasteiger charge is -2.21. The molecular weight excluding hydrogens is 184 g/mol. The molecule has 1 aliphatic rings. The van der Waals surface area contributed by atoms with Crippen molar-refractivity contribution in [1.29, 1.82) is 0 Å². The number of ketones is 1. The molecule has 78 valence electrons. The van der Waals surface area contributed by atoms with E-state index in [0.29, 0.717) is 19.4 Å². The smallest absolute Gasteiger partial charge is 0.240 e. The molecule has 0 spiro atoms. The maximum atomic E-state index is 11.3. The van der Waals surface area contributed by atoms with Crippen LogP contribution in [0.4, 0.5) is 0 Å². The standard InChI is InChI=1S/C9H14N2O3/c1-6(12)4-5-11-7(9(10)14)2-3-8(11)13/h7H,2-5H2,1H3,(H2,10,14)/t7-/m0/s1. The van der Waals surface area contributed by atoms with Gasteiger partial charge in [-0.2, -0.15) is 0 Å². The fourth-order valence-corrected chi connectivity index (χ4v) is 1.59. The molecule has 0 unspecified atom stereocenters. The molecule has 0 aromatic carbocycles. The number of primary amides is 1. The third-order valence-electron chi connectivity index (χ3n) is 2.36. The number of hydrogen-bond acceptors (Lipinski definition) is 3. The Balaban J connectivity index is 2.58. The number of likely N-dealkylation sites (tertiary alicyclic amines) is 1. The van der Waals surface area contributed by atoms with Crippen LogP contribution in [-0.2, 0) is 14.4 Å². The average molecular weight is 198 g/mol. The fraction of sp³-hybridized carbons (Fsp3) is 0.667. The van der Waals surface area contributed by atoms with Crippen molar-refractivity contribution in [3.8, 4) is 0 Å². The van der Waals surface area contributed by atoms with E-state index in [0.717, 1.165) is 0 Å². The number of amides is 2. The molecule has 0 radical (unpaired) electrons. The first-order valence-corrected chi connectivity index (χ1v) is 4.60. The van der Waals surface area contributed by atoms with Crippen molar-refractivity contribution in [3.63, 3.8) is 0 Å². The van der Waals surface area contributed by atoms with Crippen LogP contribution in [0.2, 0.25) is 0 Å². The molecule has 14 heavy (non-hydrogen) atoms. The van der Waals surface area contributed by atoms with Crippen LogP contribution in [0.25, 0.3) is 0 Å². The molecule has 0 aromatic rings. The highest BCUT2D eigenvalue weighted by Crippen LogP contribution is 2.18. The summed E-state index contributed by atoms with van der Waals surface area (Å²) >= 11 is 0. The summed E-state index contributed by atoms with van der Waals surface area (Å²) in [5, 5.41) is 0. The van der Waals surface area contributed by atoms with Gasteiger partial charge in [-0.15, -0.1) is 0 Å². The number of hydrogen-bond donors (Lipinski definition) is 1. The predicted octanol–water partition coefficient (Wildman–Crippen LogP) is -0.558. The van der Waals surface area contributed by atoms with E-state index in [9.17, 15) is 14.4 Å². The van der Waals surface area contributed by atoms with Gasteiger partial charge in [0.1, 0.15) is 11.8 Å². The Labute approximate surface area is 82.2 Å². The topological polar surface area (TPSA) is 80.5 Å². The van der Waals surface area contributed by atoms with E-state index < -0.39 is 11.9 Å². The molecule has 1 rings (SSSR count). The quantitative estimate of drug-likeness (QED) is 0.657. The normalized spacial score (nSPS) is 21.4. The van der Waals surface area contributed by atoms with Gasteiger partial charge in [0.05, 0.1) is 0 Å². The van der Waals surface area contributed by atoms with Crippen molar-refractivity contribution in [2.45, 2.75) is 32.2 Å². The summed E-state index contributed by atoms with van der Waals surface area (Å²) in [6.45, 7) is 1.77. The van der Waals surface area contributed by atoms with E-state index >= 15 is 0 Å². The predicted molar refractivity (Wildman–Crippen MR) is 49.2 cm³/mol. The Kier molecular flexibility index (Phi) is 3.22. The van der Waals surface area contributed by atoms with E-state index in [1.54, 1.807) is 0 Å². The minimum Gasteiger partial charge on any atom is -0.368 e. The maximum absolute atomic E-state index is 11.3. The van der Waals surface area contributed by atoms with E-state index in [4.69, 9.17) is 5.73 Å². The van der Waals surface area contributed by atoms with Crippen molar-refractivity contribution in [1.82, 2.24) is 4.90 Å². The molecule has 0 aliphatic carbocycles. The number of nitrogens with zero attached hydrogens (tertiary/aromatic N) is 1. The highest BCUT2D eigenvalue weighted by molar-refractivity contribution is 5.90. The van der Waals surface area contributed by atoms with Crippen LogP contribution in [0.1, 0.15) is 26.2 Å². The molecule has 2 N–H and O–H groups in total. The van der Waals surface area contributed by atoms with Crippen molar-refractivity contribution < 1.29 is 14.4 Å². The average Bonchev–Trinajstić information content (AvgIpc) is 2.43. The van der Waals surface area contributed by atoms with Gasteiger partial charge in [-0.1, -0.05) is 0 Å². The number of nitrogens with two attached hydrogens (primary N) is 1. The number of carbonyl (C=O) groups is 3. The number of Topliss-reactive ketones (excluding diaryl/α,β-unsaturated/α-hetero) is 1. The SMILES string of the molecule is CC(=O)CCN1C(=O)CC[C@H]1C(N)=O. The van der Waals surface area contributed by atoms with Crippen LogP contribution in [-0.4, -0.2) is 35.1 Å². The van der Waals surface area contributed by atoms with Crippen molar-refractivity contribution >= 4 is 17.6 Å². The van der Waals surface area contributed by atoms with Crippen molar-refractivity contribution in [3.05, 3.63) is 0 Å². The monoisotopic (exact) mass is 198 g/mol. The molecule has 5 heteroatoms. The molecule has 5 nitrogen and oxygen atoms in total. The minimum atomic E-state index is -0.512. The summed E-state index contributed by atoms with van der Waals surface area (Å²) in [5.74, 6) is -0.567. The summed E-state index contributed by atoms with van der Waals surface area (Å²) in [6, 6.07) is -0.512. The van der Waals surface area contributed by atoms with Crippen LogP contribution >= 0.6 is 0 Å². The van der Waals surface area contributed by atoms with Crippen LogP contribution in [0.15, 0.2) is 0 Å². The molecule has 0 saturated carbocycles. The first-order valence-electron chi connectivity index (χ1n) is 4.60. The first-order chi connectivity index (χ1) is 6.52. The van der Waals surface area contributed by atoms with Gasteiger partial charge >= 0.3 is 0 Å². The van der Waals surface area contributed by atoms with Gasteiger partial charge in [0.2, 0.25) is 11.8 Å². The number of rotatable bonds is 4.